The largest absolute Gasteiger partial charge is 0.490 e. The maximum Gasteiger partial charge on any atom is 0.220 e. The van der Waals surface area contributed by atoms with Gasteiger partial charge in [-0.25, -0.2) is 0 Å². The lowest BCUT2D eigenvalue weighted by atomic mass is 10.1. The van der Waals surface area contributed by atoms with Crippen LogP contribution in [0, 0.1) is 0 Å². The van der Waals surface area contributed by atoms with Gasteiger partial charge in [0.25, 0.3) is 0 Å². The number of amides is 1. The van der Waals surface area contributed by atoms with Crippen molar-refractivity contribution in [3.63, 3.8) is 0 Å². The van der Waals surface area contributed by atoms with E-state index in [1.54, 1.807) is 0 Å². The van der Waals surface area contributed by atoms with E-state index in [0.29, 0.717) is 38.3 Å². The summed E-state index contributed by atoms with van der Waals surface area (Å²) in [7, 11) is 0. The van der Waals surface area contributed by atoms with Crippen LogP contribution in [-0.2, 0) is 17.9 Å². The molecule has 3 rings (SSSR count). The summed E-state index contributed by atoms with van der Waals surface area (Å²) in [6.45, 7) is 6.33. The molecule has 2 aromatic rings. The molecule has 1 heterocycles. The van der Waals surface area contributed by atoms with Gasteiger partial charge in [-0.1, -0.05) is 36.4 Å². The third kappa shape index (κ3) is 7.89. The minimum atomic E-state index is -0.139. The van der Waals surface area contributed by atoms with E-state index in [-0.39, 0.29) is 12.0 Å². The van der Waals surface area contributed by atoms with Gasteiger partial charge in [0.15, 0.2) is 11.5 Å². The van der Waals surface area contributed by atoms with Gasteiger partial charge < -0.3 is 19.9 Å². The molecule has 0 spiro atoms. The molecule has 0 bridgehead atoms. The molecule has 0 atom stereocenters. The normalized spacial score (nSPS) is 14.9. The summed E-state index contributed by atoms with van der Waals surface area (Å²) in [4.78, 5) is 14.5. The summed E-state index contributed by atoms with van der Waals surface area (Å²) in [5.74, 6) is 1.47. The number of benzene rings is 2. The number of hydrogen-bond acceptors (Lipinski definition) is 5. The van der Waals surface area contributed by atoms with Crippen molar-refractivity contribution in [2.75, 3.05) is 26.3 Å². The number of ether oxygens (including phenoxy) is 2. The van der Waals surface area contributed by atoms with Crippen LogP contribution in [0.5, 0.6) is 11.5 Å². The number of rotatable bonds is 11. The molecule has 6 nitrogen and oxygen atoms in total. The Morgan fingerprint density at radius 2 is 1.68 bits per heavy atom. The molecule has 1 aliphatic heterocycles. The lowest BCUT2D eigenvalue weighted by molar-refractivity contribution is -0.121. The van der Waals surface area contributed by atoms with Crippen molar-refractivity contribution in [1.29, 1.82) is 0 Å². The Kier molecular flexibility index (Phi) is 9.18. The molecule has 1 amide bonds. The minimum Gasteiger partial charge on any atom is -0.490 e. The van der Waals surface area contributed by atoms with Crippen molar-refractivity contribution >= 4 is 5.91 Å². The molecule has 168 valence electrons. The molecule has 0 aromatic heterocycles. The number of aliphatic hydroxyl groups is 1. The standard InChI is InChI=1S/C25H34N2O4/c1-2-30-23-6-3-4-7-24(23)31-17-5-8-25(29)26-18-20-9-11-21(12-10-20)19-27-15-13-22(28)14-16-27/h3-4,6-7,9-12,22,28H,2,5,8,13-19H2,1H3,(H,26,29). The van der Waals surface area contributed by atoms with E-state index in [1.807, 2.05) is 31.2 Å². The van der Waals surface area contributed by atoms with Crippen LogP contribution in [0.1, 0.15) is 43.7 Å². The highest BCUT2D eigenvalue weighted by atomic mass is 16.5. The number of carbonyl (C=O) groups is 1. The van der Waals surface area contributed by atoms with Crippen molar-refractivity contribution in [3.05, 3.63) is 59.7 Å². The van der Waals surface area contributed by atoms with Crippen molar-refractivity contribution < 1.29 is 19.4 Å². The highest BCUT2D eigenvalue weighted by Crippen LogP contribution is 2.26. The first-order valence-electron chi connectivity index (χ1n) is 11.2. The molecule has 0 aliphatic carbocycles. The summed E-state index contributed by atoms with van der Waals surface area (Å²) in [6, 6.07) is 16.0. The van der Waals surface area contributed by atoms with Crippen LogP contribution >= 0.6 is 0 Å². The summed E-state index contributed by atoms with van der Waals surface area (Å²) in [6.07, 6.45) is 2.65. The van der Waals surface area contributed by atoms with Crippen molar-refractivity contribution in [2.24, 2.45) is 0 Å². The number of aliphatic hydroxyl groups excluding tert-OH is 1. The van der Waals surface area contributed by atoms with Gasteiger partial charge in [-0.15, -0.1) is 0 Å². The minimum absolute atomic E-state index is 0.0256. The predicted molar refractivity (Wildman–Crippen MR) is 121 cm³/mol. The Balaban J connectivity index is 1.32. The number of nitrogens with one attached hydrogen (secondary N) is 1. The fourth-order valence-corrected chi connectivity index (χ4v) is 3.65. The molecule has 6 heteroatoms. The van der Waals surface area contributed by atoms with Crippen molar-refractivity contribution in [2.45, 2.75) is 51.8 Å². The Hall–Kier alpha value is -2.57. The summed E-state index contributed by atoms with van der Waals surface area (Å²) in [5, 5.41) is 12.6. The average molecular weight is 427 g/mol. The fraction of sp³-hybridized carbons (Fsp3) is 0.480. The monoisotopic (exact) mass is 426 g/mol. The van der Waals surface area contributed by atoms with Crippen LogP contribution in [0.25, 0.3) is 0 Å². The van der Waals surface area contributed by atoms with Crippen LogP contribution in [0.2, 0.25) is 0 Å². The molecule has 0 unspecified atom stereocenters. The van der Waals surface area contributed by atoms with Gasteiger partial charge >= 0.3 is 0 Å². The molecule has 1 aliphatic rings. The van der Waals surface area contributed by atoms with E-state index < -0.39 is 0 Å². The first-order valence-corrected chi connectivity index (χ1v) is 11.2. The van der Waals surface area contributed by atoms with Crippen LogP contribution in [0.3, 0.4) is 0 Å². The second-order valence-corrected chi connectivity index (χ2v) is 7.93. The average Bonchev–Trinajstić information content (AvgIpc) is 2.79. The molecular formula is C25H34N2O4. The van der Waals surface area contributed by atoms with Gasteiger partial charge in [-0.2, -0.15) is 0 Å². The topological polar surface area (TPSA) is 71.0 Å². The number of likely N-dealkylation sites (tertiary alicyclic amines) is 1. The molecule has 0 saturated carbocycles. The SMILES string of the molecule is CCOc1ccccc1OCCCC(=O)NCc1ccc(CN2CCC(O)CC2)cc1. The van der Waals surface area contributed by atoms with Crippen LogP contribution in [0.4, 0.5) is 0 Å². The number of piperidine rings is 1. The summed E-state index contributed by atoms with van der Waals surface area (Å²) >= 11 is 0. The van der Waals surface area contributed by atoms with Crippen molar-refractivity contribution in [1.82, 2.24) is 10.2 Å². The molecule has 31 heavy (non-hydrogen) atoms. The van der Waals surface area contributed by atoms with E-state index in [9.17, 15) is 9.90 Å². The Morgan fingerprint density at radius 3 is 2.35 bits per heavy atom. The second kappa shape index (κ2) is 12.3. The van der Waals surface area contributed by atoms with Crippen LogP contribution in [-0.4, -0.2) is 48.3 Å². The lowest BCUT2D eigenvalue weighted by Crippen LogP contribution is -2.35. The van der Waals surface area contributed by atoms with E-state index in [1.165, 1.54) is 5.56 Å². The van der Waals surface area contributed by atoms with Crippen LogP contribution in [0.15, 0.2) is 48.5 Å². The molecule has 0 radical (unpaired) electrons. The first kappa shape index (κ1) is 23.1. The molecule has 1 saturated heterocycles. The number of nitrogens with zero attached hydrogens (tertiary/aromatic N) is 1. The van der Waals surface area contributed by atoms with Gasteiger partial charge in [0.05, 0.1) is 19.3 Å². The maximum absolute atomic E-state index is 12.1. The molecule has 1 fully saturated rings. The zero-order valence-corrected chi connectivity index (χ0v) is 18.4. The van der Waals surface area contributed by atoms with E-state index in [2.05, 4.69) is 34.5 Å². The fourth-order valence-electron chi connectivity index (χ4n) is 3.65. The smallest absolute Gasteiger partial charge is 0.220 e. The quantitative estimate of drug-likeness (QED) is 0.538. The Morgan fingerprint density at radius 1 is 1.03 bits per heavy atom. The number of carbonyl (C=O) groups excluding carboxylic acids is 1. The highest BCUT2D eigenvalue weighted by molar-refractivity contribution is 5.75. The summed E-state index contributed by atoms with van der Waals surface area (Å²) < 4.78 is 11.3. The molecular weight excluding hydrogens is 392 g/mol. The third-order valence-corrected chi connectivity index (χ3v) is 5.43. The van der Waals surface area contributed by atoms with Gasteiger partial charge in [-0.3, -0.25) is 9.69 Å². The zero-order valence-electron chi connectivity index (χ0n) is 18.4. The molecule has 2 N–H and O–H groups in total. The maximum atomic E-state index is 12.1. The highest BCUT2D eigenvalue weighted by Gasteiger charge is 2.16. The number of para-hydroxylation sites is 2. The Labute approximate surface area is 185 Å². The lowest BCUT2D eigenvalue weighted by Gasteiger charge is -2.29. The Bertz CT molecular complexity index is 801. The van der Waals surface area contributed by atoms with E-state index in [4.69, 9.17) is 9.47 Å². The van der Waals surface area contributed by atoms with Crippen molar-refractivity contribution in [3.8, 4) is 11.5 Å². The first-order chi connectivity index (χ1) is 15.1. The summed E-state index contributed by atoms with van der Waals surface area (Å²) in [5.41, 5.74) is 2.35. The van der Waals surface area contributed by atoms with E-state index >= 15 is 0 Å². The van der Waals surface area contributed by atoms with Gasteiger partial charge in [0.2, 0.25) is 5.91 Å². The van der Waals surface area contributed by atoms with Gasteiger partial charge in [-0.05, 0) is 49.4 Å². The predicted octanol–water partition coefficient (Wildman–Crippen LogP) is 3.52. The van der Waals surface area contributed by atoms with Gasteiger partial charge in [0, 0.05) is 32.6 Å². The number of hydrogen-bond donors (Lipinski definition) is 2. The second-order valence-electron chi connectivity index (χ2n) is 7.93. The third-order valence-electron chi connectivity index (χ3n) is 5.43. The van der Waals surface area contributed by atoms with Crippen LogP contribution < -0.4 is 14.8 Å². The zero-order chi connectivity index (χ0) is 21.9. The van der Waals surface area contributed by atoms with E-state index in [0.717, 1.165) is 43.8 Å². The molecule has 2 aromatic carbocycles. The van der Waals surface area contributed by atoms with Gasteiger partial charge in [0.1, 0.15) is 0 Å².